The maximum atomic E-state index is 13.3. The van der Waals surface area contributed by atoms with E-state index in [2.05, 4.69) is 16.8 Å². The number of carbonyl (C=O) groups is 1. The van der Waals surface area contributed by atoms with Crippen molar-refractivity contribution in [2.75, 3.05) is 26.4 Å². The molecule has 1 aliphatic rings. The number of hydrogen-bond donors (Lipinski definition) is 2. The van der Waals surface area contributed by atoms with Gasteiger partial charge >= 0.3 is 0 Å². The number of amides is 1. The Morgan fingerprint density at radius 3 is 2.88 bits per heavy atom. The van der Waals surface area contributed by atoms with E-state index in [4.69, 9.17) is 9.47 Å². The first-order chi connectivity index (χ1) is 15.7. The number of phenolic OH excluding ortho intramolecular Hbond substituents is 1. The molecule has 0 bridgehead atoms. The second kappa shape index (κ2) is 9.70. The van der Waals surface area contributed by atoms with E-state index in [0.717, 1.165) is 11.1 Å². The number of aromatic amines is 1. The Kier molecular flexibility index (Phi) is 6.56. The molecule has 0 aliphatic carbocycles. The lowest BCUT2D eigenvalue weighted by atomic mass is 9.95. The third-order valence-corrected chi connectivity index (χ3v) is 5.46. The summed E-state index contributed by atoms with van der Waals surface area (Å²) >= 11 is 0. The first-order valence-electron chi connectivity index (χ1n) is 10.7. The van der Waals surface area contributed by atoms with Gasteiger partial charge in [-0.2, -0.15) is 5.10 Å². The summed E-state index contributed by atoms with van der Waals surface area (Å²) in [7, 11) is 0. The Morgan fingerprint density at radius 1 is 1.25 bits per heavy atom. The Morgan fingerprint density at radius 2 is 2.09 bits per heavy atom. The van der Waals surface area contributed by atoms with Crippen molar-refractivity contribution in [1.29, 1.82) is 0 Å². The molecule has 2 heterocycles. The lowest BCUT2D eigenvalue weighted by Crippen LogP contribution is -2.31. The fourth-order valence-corrected chi connectivity index (χ4v) is 4.06. The van der Waals surface area contributed by atoms with Gasteiger partial charge in [-0.05, 0) is 43.2 Å². The van der Waals surface area contributed by atoms with Crippen LogP contribution in [0, 0.1) is 0 Å². The van der Waals surface area contributed by atoms with Crippen molar-refractivity contribution in [3.8, 4) is 22.8 Å². The molecule has 0 spiro atoms. The van der Waals surface area contributed by atoms with Crippen LogP contribution in [0.3, 0.4) is 0 Å². The number of phenols is 1. The van der Waals surface area contributed by atoms with Gasteiger partial charge in [0.05, 0.1) is 6.04 Å². The van der Waals surface area contributed by atoms with E-state index in [-0.39, 0.29) is 17.7 Å². The van der Waals surface area contributed by atoms with E-state index in [1.165, 1.54) is 0 Å². The van der Waals surface area contributed by atoms with Gasteiger partial charge < -0.3 is 19.5 Å². The number of aromatic hydroxyl groups is 1. The number of para-hydroxylation sites is 1. The van der Waals surface area contributed by atoms with Gasteiger partial charge in [0.1, 0.15) is 29.5 Å². The molecular weight excluding hydrogens is 406 g/mol. The number of nitrogens with one attached hydrogen (secondary N) is 1. The van der Waals surface area contributed by atoms with Crippen LogP contribution >= 0.6 is 0 Å². The van der Waals surface area contributed by atoms with E-state index in [9.17, 15) is 9.90 Å². The SMILES string of the molecule is C=CCOc1cccc(C2c3c(-c4ccccc4O)n[nH]c3C(=O)N2CCCOCC)c1. The van der Waals surface area contributed by atoms with Crippen molar-refractivity contribution in [2.24, 2.45) is 0 Å². The zero-order valence-electron chi connectivity index (χ0n) is 18.1. The maximum Gasteiger partial charge on any atom is 0.273 e. The van der Waals surface area contributed by atoms with E-state index < -0.39 is 0 Å². The molecule has 0 saturated heterocycles. The van der Waals surface area contributed by atoms with Crippen molar-refractivity contribution >= 4 is 5.91 Å². The summed E-state index contributed by atoms with van der Waals surface area (Å²) in [6, 6.07) is 14.4. The number of hydrogen-bond acceptors (Lipinski definition) is 5. The molecule has 7 nitrogen and oxygen atoms in total. The number of benzene rings is 2. The second-order valence-electron chi connectivity index (χ2n) is 7.50. The molecule has 32 heavy (non-hydrogen) atoms. The van der Waals surface area contributed by atoms with Crippen molar-refractivity contribution in [1.82, 2.24) is 15.1 Å². The smallest absolute Gasteiger partial charge is 0.273 e. The Labute approximate surface area is 187 Å². The number of fused-ring (bicyclic) bond motifs is 1. The van der Waals surface area contributed by atoms with E-state index in [1.54, 1.807) is 24.3 Å². The summed E-state index contributed by atoms with van der Waals surface area (Å²) in [5, 5.41) is 17.8. The first kappa shape index (κ1) is 21.6. The normalized spacial score (nSPS) is 15.1. The predicted molar refractivity (Wildman–Crippen MR) is 122 cm³/mol. The number of carbonyl (C=O) groups excluding carboxylic acids is 1. The number of nitrogens with zero attached hydrogens (tertiary/aromatic N) is 2. The second-order valence-corrected chi connectivity index (χ2v) is 7.50. The minimum absolute atomic E-state index is 0.117. The highest BCUT2D eigenvalue weighted by atomic mass is 16.5. The number of ether oxygens (including phenoxy) is 2. The molecule has 166 valence electrons. The van der Waals surface area contributed by atoms with Gasteiger partial charge in [-0.3, -0.25) is 9.89 Å². The van der Waals surface area contributed by atoms with Crippen molar-refractivity contribution in [3.63, 3.8) is 0 Å². The highest BCUT2D eigenvalue weighted by molar-refractivity contribution is 6.00. The highest BCUT2D eigenvalue weighted by Crippen LogP contribution is 2.44. The van der Waals surface area contributed by atoms with Crippen molar-refractivity contribution < 1.29 is 19.4 Å². The largest absolute Gasteiger partial charge is 0.507 e. The van der Waals surface area contributed by atoms with Crippen LogP contribution in [-0.2, 0) is 4.74 Å². The van der Waals surface area contributed by atoms with Crippen LogP contribution in [0.25, 0.3) is 11.3 Å². The number of aromatic nitrogens is 2. The van der Waals surface area contributed by atoms with Crippen molar-refractivity contribution in [3.05, 3.63) is 78.0 Å². The molecule has 0 saturated carbocycles. The summed E-state index contributed by atoms with van der Waals surface area (Å²) in [5.74, 6) is 0.698. The van der Waals surface area contributed by atoms with Gasteiger partial charge in [0.25, 0.3) is 5.91 Å². The van der Waals surface area contributed by atoms with Crippen LogP contribution in [0.4, 0.5) is 0 Å². The Balaban J connectivity index is 1.77. The van der Waals surface area contributed by atoms with Crippen LogP contribution in [-0.4, -0.2) is 52.5 Å². The van der Waals surface area contributed by atoms with Gasteiger partial charge in [0, 0.05) is 30.9 Å². The lowest BCUT2D eigenvalue weighted by Gasteiger charge is -2.26. The monoisotopic (exact) mass is 433 g/mol. The topological polar surface area (TPSA) is 87.7 Å². The molecule has 1 unspecified atom stereocenters. The van der Waals surface area contributed by atoms with Crippen LogP contribution in [0.1, 0.15) is 41.0 Å². The number of rotatable bonds is 10. The molecule has 0 fully saturated rings. The Bertz CT molecular complexity index is 1110. The van der Waals surface area contributed by atoms with Gasteiger partial charge in [-0.1, -0.05) is 36.9 Å². The summed E-state index contributed by atoms with van der Waals surface area (Å²) in [5.41, 5.74) is 3.27. The summed E-state index contributed by atoms with van der Waals surface area (Å²) in [6.45, 7) is 7.79. The molecular formula is C25H27N3O4. The lowest BCUT2D eigenvalue weighted by molar-refractivity contribution is 0.0710. The fraction of sp³-hybridized carbons (Fsp3) is 0.280. The van der Waals surface area contributed by atoms with Gasteiger partial charge in [-0.25, -0.2) is 0 Å². The Hall–Kier alpha value is -3.58. The zero-order chi connectivity index (χ0) is 22.5. The predicted octanol–water partition coefficient (Wildman–Crippen LogP) is 4.32. The van der Waals surface area contributed by atoms with E-state index >= 15 is 0 Å². The highest BCUT2D eigenvalue weighted by Gasteiger charge is 2.42. The van der Waals surface area contributed by atoms with E-state index in [1.807, 2.05) is 42.2 Å². The molecule has 2 aromatic carbocycles. The van der Waals surface area contributed by atoms with Crippen LogP contribution < -0.4 is 4.74 Å². The molecule has 7 heteroatoms. The molecule has 1 aliphatic heterocycles. The van der Waals surface area contributed by atoms with Gasteiger partial charge in [0.2, 0.25) is 0 Å². The molecule has 1 aromatic heterocycles. The third kappa shape index (κ3) is 4.11. The van der Waals surface area contributed by atoms with Crippen LogP contribution in [0.15, 0.2) is 61.2 Å². The van der Waals surface area contributed by atoms with Crippen LogP contribution in [0.2, 0.25) is 0 Å². The van der Waals surface area contributed by atoms with Crippen LogP contribution in [0.5, 0.6) is 11.5 Å². The molecule has 4 rings (SSSR count). The van der Waals surface area contributed by atoms with Crippen molar-refractivity contribution in [2.45, 2.75) is 19.4 Å². The molecule has 1 amide bonds. The maximum absolute atomic E-state index is 13.3. The average molecular weight is 434 g/mol. The molecule has 2 N–H and O–H groups in total. The summed E-state index contributed by atoms with van der Waals surface area (Å²) in [6.07, 6.45) is 2.41. The minimum atomic E-state index is -0.361. The molecule has 3 aromatic rings. The van der Waals surface area contributed by atoms with E-state index in [0.29, 0.717) is 55.5 Å². The molecule has 0 radical (unpaired) electrons. The zero-order valence-corrected chi connectivity index (χ0v) is 18.1. The minimum Gasteiger partial charge on any atom is -0.507 e. The summed E-state index contributed by atoms with van der Waals surface area (Å²) in [4.78, 5) is 15.2. The quantitative estimate of drug-likeness (QED) is 0.367. The van der Waals surface area contributed by atoms with Gasteiger partial charge in [0.15, 0.2) is 0 Å². The third-order valence-electron chi connectivity index (χ3n) is 5.46. The number of H-pyrrole nitrogens is 1. The first-order valence-corrected chi connectivity index (χ1v) is 10.7. The van der Waals surface area contributed by atoms with Gasteiger partial charge in [-0.15, -0.1) is 0 Å². The standard InChI is InChI=1S/C25H27N3O4/c1-3-14-32-18-10-7-9-17(16-18)24-21-22(19-11-5-6-12-20(19)29)26-27-23(21)25(30)28(24)13-8-15-31-4-2/h3,5-7,9-12,16,24,29H,1,4,8,13-15H2,2H3,(H,26,27). The fourth-order valence-electron chi connectivity index (χ4n) is 4.06. The average Bonchev–Trinajstić information content (AvgIpc) is 3.35. The molecule has 1 atom stereocenters. The summed E-state index contributed by atoms with van der Waals surface area (Å²) < 4.78 is 11.2.